The molecule has 0 bridgehead atoms. The molecule has 2 fully saturated rings. The van der Waals surface area contributed by atoms with Crippen LogP contribution in [0.15, 0.2) is 0 Å². The number of ketones is 1. The first-order chi connectivity index (χ1) is 6.77. The number of nitrogens with zero attached hydrogens (tertiary/aromatic N) is 1. The topological polar surface area (TPSA) is 29.5 Å². The third-order valence-electron chi connectivity index (χ3n) is 3.40. The molecule has 1 aliphatic heterocycles. The molecular formula is C11H19NO2. The Hall–Kier alpha value is -0.410. The lowest BCUT2D eigenvalue weighted by Crippen LogP contribution is -2.41. The van der Waals surface area contributed by atoms with Crippen LogP contribution in [0.1, 0.15) is 26.2 Å². The van der Waals surface area contributed by atoms with Crippen LogP contribution in [-0.2, 0) is 9.53 Å². The molecular weight excluding hydrogens is 178 g/mol. The number of ether oxygens (including phenoxy) is 1. The van der Waals surface area contributed by atoms with Gasteiger partial charge in [-0.25, -0.2) is 0 Å². The molecule has 0 spiro atoms. The minimum absolute atomic E-state index is 0.0477. The molecule has 0 radical (unpaired) electrons. The molecule has 0 atom stereocenters. The summed E-state index contributed by atoms with van der Waals surface area (Å²) in [5.74, 6) is 0.462. The second-order valence-corrected chi connectivity index (χ2v) is 4.45. The molecule has 80 valence electrons. The van der Waals surface area contributed by atoms with Crippen LogP contribution in [0.25, 0.3) is 0 Å². The molecule has 0 aromatic carbocycles. The van der Waals surface area contributed by atoms with Crippen molar-refractivity contribution in [1.82, 2.24) is 4.90 Å². The lowest BCUT2D eigenvalue weighted by molar-refractivity contribution is -0.125. The number of morpholine rings is 1. The van der Waals surface area contributed by atoms with Gasteiger partial charge in [0.15, 0.2) is 0 Å². The van der Waals surface area contributed by atoms with Crippen LogP contribution < -0.4 is 0 Å². The second kappa shape index (κ2) is 3.99. The SMILES string of the molecule is CCC(=O)C1(CN2CCOCC2)CC1. The highest BCUT2D eigenvalue weighted by atomic mass is 16.5. The largest absolute Gasteiger partial charge is 0.379 e. The molecule has 0 aromatic rings. The standard InChI is InChI=1S/C11H19NO2/c1-2-10(13)11(3-4-11)9-12-5-7-14-8-6-12/h2-9H2,1H3. The quantitative estimate of drug-likeness (QED) is 0.675. The summed E-state index contributed by atoms with van der Waals surface area (Å²) in [4.78, 5) is 14.1. The summed E-state index contributed by atoms with van der Waals surface area (Å²) in [5, 5.41) is 0. The number of carbonyl (C=O) groups excluding carboxylic acids is 1. The van der Waals surface area contributed by atoms with Crippen molar-refractivity contribution in [2.24, 2.45) is 5.41 Å². The van der Waals surface area contributed by atoms with Gasteiger partial charge in [0.25, 0.3) is 0 Å². The van der Waals surface area contributed by atoms with E-state index in [0.717, 1.165) is 45.7 Å². The van der Waals surface area contributed by atoms with Crippen molar-refractivity contribution in [2.75, 3.05) is 32.8 Å². The Labute approximate surface area is 85.4 Å². The van der Waals surface area contributed by atoms with E-state index < -0.39 is 0 Å². The van der Waals surface area contributed by atoms with E-state index in [-0.39, 0.29) is 5.41 Å². The summed E-state index contributed by atoms with van der Waals surface area (Å²) in [6.07, 6.45) is 2.92. The van der Waals surface area contributed by atoms with E-state index in [1.807, 2.05) is 6.92 Å². The normalized spacial score (nSPS) is 26.1. The first kappa shape index (κ1) is 10.1. The van der Waals surface area contributed by atoms with Crippen molar-refractivity contribution in [3.63, 3.8) is 0 Å². The summed E-state index contributed by atoms with van der Waals surface area (Å²) < 4.78 is 5.29. The Bertz CT molecular complexity index is 217. The molecule has 1 saturated heterocycles. The number of hydrogen-bond donors (Lipinski definition) is 0. The molecule has 2 aliphatic rings. The van der Waals surface area contributed by atoms with Gasteiger partial charge in [0, 0.05) is 31.5 Å². The van der Waals surface area contributed by atoms with E-state index in [1.165, 1.54) is 0 Å². The highest BCUT2D eigenvalue weighted by Crippen LogP contribution is 2.47. The first-order valence-electron chi connectivity index (χ1n) is 5.60. The molecule has 0 unspecified atom stereocenters. The van der Waals surface area contributed by atoms with Gasteiger partial charge in [-0.1, -0.05) is 6.92 Å². The number of rotatable bonds is 4. The maximum absolute atomic E-state index is 11.7. The molecule has 0 amide bonds. The van der Waals surface area contributed by atoms with E-state index >= 15 is 0 Å². The second-order valence-electron chi connectivity index (χ2n) is 4.45. The third-order valence-corrected chi connectivity index (χ3v) is 3.40. The first-order valence-corrected chi connectivity index (χ1v) is 5.60. The molecule has 0 N–H and O–H groups in total. The van der Waals surface area contributed by atoms with Crippen molar-refractivity contribution in [3.05, 3.63) is 0 Å². The summed E-state index contributed by atoms with van der Waals surface area (Å²) in [7, 11) is 0. The van der Waals surface area contributed by atoms with Gasteiger partial charge in [0.05, 0.1) is 13.2 Å². The van der Waals surface area contributed by atoms with E-state index in [0.29, 0.717) is 12.2 Å². The zero-order chi connectivity index (χ0) is 10.0. The van der Waals surface area contributed by atoms with Crippen LogP contribution in [0, 0.1) is 5.41 Å². The van der Waals surface area contributed by atoms with Gasteiger partial charge in [-0.2, -0.15) is 0 Å². The maximum atomic E-state index is 11.7. The zero-order valence-electron chi connectivity index (χ0n) is 8.92. The zero-order valence-corrected chi connectivity index (χ0v) is 8.92. The Morgan fingerprint density at radius 3 is 2.50 bits per heavy atom. The predicted molar refractivity (Wildman–Crippen MR) is 54.2 cm³/mol. The molecule has 3 heteroatoms. The summed E-state index contributed by atoms with van der Waals surface area (Å²) >= 11 is 0. The smallest absolute Gasteiger partial charge is 0.140 e. The van der Waals surface area contributed by atoms with Crippen LogP contribution in [0.3, 0.4) is 0 Å². The number of hydrogen-bond acceptors (Lipinski definition) is 3. The van der Waals surface area contributed by atoms with Crippen LogP contribution in [0.2, 0.25) is 0 Å². The molecule has 0 aromatic heterocycles. The fourth-order valence-corrected chi connectivity index (χ4v) is 2.24. The molecule has 1 heterocycles. The maximum Gasteiger partial charge on any atom is 0.140 e. The summed E-state index contributed by atoms with van der Waals surface area (Å²) in [6.45, 7) is 6.61. The Morgan fingerprint density at radius 2 is 2.00 bits per heavy atom. The van der Waals surface area contributed by atoms with E-state index in [1.54, 1.807) is 0 Å². The Morgan fingerprint density at radius 1 is 1.36 bits per heavy atom. The van der Waals surface area contributed by atoms with Gasteiger partial charge in [0.2, 0.25) is 0 Å². The lowest BCUT2D eigenvalue weighted by atomic mass is 9.98. The Balaban J connectivity index is 1.86. The minimum Gasteiger partial charge on any atom is -0.379 e. The highest BCUT2D eigenvalue weighted by Gasteiger charge is 2.49. The fraction of sp³-hybridized carbons (Fsp3) is 0.909. The van der Waals surface area contributed by atoms with Crippen LogP contribution in [0.5, 0.6) is 0 Å². The van der Waals surface area contributed by atoms with Gasteiger partial charge in [-0.05, 0) is 12.8 Å². The van der Waals surface area contributed by atoms with Gasteiger partial charge in [0.1, 0.15) is 5.78 Å². The number of carbonyl (C=O) groups is 1. The molecule has 1 aliphatic carbocycles. The highest BCUT2D eigenvalue weighted by molar-refractivity contribution is 5.87. The Kier molecular flexibility index (Phi) is 2.88. The molecule has 3 nitrogen and oxygen atoms in total. The van der Waals surface area contributed by atoms with Crippen LogP contribution in [0.4, 0.5) is 0 Å². The predicted octanol–water partition coefficient (Wildman–Crippen LogP) is 1.08. The van der Waals surface area contributed by atoms with Gasteiger partial charge in [-0.15, -0.1) is 0 Å². The summed E-state index contributed by atoms with van der Waals surface area (Å²) in [6, 6.07) is 0. The molecule has 2 rings (SSSR count). The monoisotopic (exact) mass is 197 g/mol. The van der Waals surface area contributed by atoms with E-state index in [9.17, 15) is 4.79 Å². The van der Waals surface area contributed by atoms with Gasteiger partial charge >= 0.3 is 0 Å². The van der Waals surface area contributed by atoms with Crippen LogP contribution in [-0.4, -0.2) is 43.5 Å². The van der Waals surface area contributed by atoms with Crippen LogP contribution >= 0.6 is 0 Å². The van der Waals surface area contributed by atoms with Gasteiger partial charge in [-0.3, -0.25) is 9.69 Å². The van der Waals surface area contributed by atoms with Crippen molar-refractivity contribution in [2.45, 2.75) is 26.2 Å². The van der Waals surface area contributed by atoms with Crippen molar-refractivity contribution in [3.8, 4) is 0 Å². The van der Waals surface area contributed by atoms with Crippen molar-refractivity contribution in [1.29, 1.82) is 0 Å². The number of Topliss-reactive ketones (excluding diaryl/α,β-unsaturated/α-hetero) is 1. The van der Waals surface area contributed by atoms with Crippen molar-refractivity contribution < 1.29 is 9.53 Å². The minimum atomic E-state index is 0.0477. The third kappa shape index (κ3) is 1.98. The molecule has 1 saturated carbocycles. The van der Waals surface area contributed by atoms with Gasteiger partial charge < -0.3 is 4.74 Å². The fourth-order valence-electron chi connectivity index (χ4n) is 2.24. The average Bonchev–Trinajstić information content (AvgIpc) is 2.99. The van der Waals surface area contributed by atoms with E-state index in [2.05, 4.69) is 4.90 Å². The van der Waals surface area contributed by atoms with Crippen molar-refractivity contribution >= 4 is 5.78 Å². The summed E-state index contributed by atoms with van der Waals surface area (Å²) in [5.41, 5.74) is 0.0477. The van der Waals surface area contributed by atoms with E-state index in [4.69, 9.17) is 4.74 Å². The average molecular weight is 197 g/mol. The molecule has 14 heavy (non-hydrogen) atoms. The lowest BCUT2D eigenvalue weighted by Gasteiger charge is -2.29.